The first-order valence-electron chi connectivity index (χ1n) is 19.6. The molecule has 3 atom stereocenters. The zero-order valence-corrected chi connectivity index (χ0v) is 32.1. The van der Waals surface area contributed by atoms with Crippen LogP contribution in [-0.4, -0.2) is 65.7 Å². The van der Waals surface area contributed by atoms with Crippen molar-refractivity contribution < 1.29 is 47.8 Å². The first-order valence-corrected chi connectivity index (χ1v) is 21.1. The van der Waals surface area contributed by atoms with Crippen LogP contribution in [0.25, 0.3) is 0 Å². The molecule has 0 fully saturated rings. The molecule has 0 aromatic heterocycles. The Morgan fingerprint density at radius 1 is 0.592 bits per heavy atom. The van der Waals surface area contributed by atoms with Gasteiger partial charge in [-0.15, -0.1) is 0 Å². The lowest BCUT2D eigenvalue weighted by Crippen LogP contribution is -2.29. The number of aliphatic hydroxyl groups is 2. The lowest BCUT2D eigenvalue weighted by molar-refractivity contribution is -0.161. The van der Waals surface area contributed by atoms with Crippen molar-refractivity contribution in [2.75, 3.05) is 26.4 Å². The Balaban J connectivity index is 4.33. The SMILES string of the molecule is CCCCCCCCC/C=C\CCCCCCCC(=O)O[C@H](COC(=O)CCCCCCCCCCCC)COP(=O)(O)OC[C@@H](O)CO. The molecule has 10 nitrogen and oxygen atoms in total. The minimum atomic E-state index is -4.61. The van der Waals surface area contributed by atoms with Crippen molar-refractivity contribution in [3.8, 4) is 0 Å². The highest BCUT2D eigenvalue weighted by molar-refractivity contribution is 7.47. The number of carbonyl (C=O) groups excluding carboxylic acids is 2. The van der Waals surface area contributed by atoms with E-state index in [0.717, 1.165) is 57.8 Å². The summed E-state index contributed by atoms with van der Waals surface area (Å²) in [5.74, 6) is -0.931. The van der Waals surface area contributed by atoms with E-state index in [2.05, 4.69) is 30.5 Å². The van der Waals surface area contributed by atoms with E-state index in [9.17, 15) is 24.2 Å². The van der Waals surface area contributed by atoms with Gasteiger partial charge in [-0.2, -0.15) is 0 Å². The number of rotatable bonds is 37. The molecule has 0 aliphatic rings. The van der Waals surface area contributed by atoms with Crippen molar-refractivity contribution in [2.45, 2.75) is 193 Å². The average Bonchev–Trinajstić information content (AvgIpc) is 3.09. The van der Waals surface area contributed by atoms with Crippen molar-refractivity contribution in [1.82, 2.24) is 0 Å². The van der Waals surface area contributed by atoms with Crippen molar-refractivity contribution in [3.05, 3.63) is 12.2 Å². The van der Waals surface area contributed by atoms with Crippen LogP contribution in [0, 0.1) is 0 Å². The monoisotopic (exact) mass is 720 g/mol. The van der Waals surface area contributed by atoms with Gasteiger partial charge in [0.2, 0.25) is 0 Å². The number of ether oxygens (including phenoxy) is 2. The van der Waals surface area contributed by atoms with E-state index in [-0.39, 0.29) is 19.4 Å². The first kappa shape index (κ1) is 47.7. The quantitative estimate of drug-likeness (QED) is 0.0245. The molecular weight excluding hydrogens is 647 g/mol. The van der Waals surface area contributed by atoms with E-state index < -0.39 is 51.8 Å². The van der Waals surface area contributed by atoms with Gasteiger partial charge in [-0.3, -0.25) is 18.6 Å². The fourth-order valence-corrected chi connectivity index (χ4v) is 6.13. The minimum absolute atomic E-state index is 0.178. The molecular formula is C38H73O10P. The molecule has 0 radical (unpaired) electrons. The summed E-state index contributed by atoms with van der Waals surface area (Å²) < 4.78 is 32.6. The molecule has 0 saturated carbocycles. The van der Waals surface area contributed by atoms with Crippen LogP contribution in [0.15, 0.2) is 12.2 Å². The van der Waals surface area contributed by atoms with Crippen molar-refractivity contribution in [1.29, 1.82) is 0 Å². The molecule has 0 spiro atoms. The highest BCUT2D eigenvalue weighted by Crippen LogP contribution is 2.43. The van der Waals surface area contributed by atoms with Crippen molar-refractivity contribution in [2.24, 2.45) is 0 Å². The second-order valence-corrected chi connectivity index (χ2v) is 14.8. The Hall–Kier alpha value is -1.29. The van der Waals surface area contributed by atoms with Gasteiger partial charge in [-0.25, -0.2) is 4.57 Å². The standard InChI is InChI=1S/C38H73O10P/c1-3-5-7-9-11-13-15-16-17-18-19-20-22-24-26-28-30-38(42)48-36(34-47-49(43,44)46-32-35(40)31-39)33-45-37(41)29-27-25-23-21-14-12-10-8-6-4-2/h17-18,35-36,39-40H,3-16,19-34H2,1-2H3,(H,43,44)/b18-17-/t35-,36+/m0/s1. The van der Waals surface area contributed by atoms with Crippen LogP contribution in [-0.2, 0) is 32.7 Å². The van der Waals surface area contributed by atoms with Crippen LogP contribution in [0.2, 0.25) is 0 Å². The van der Waals surface area contributed by atoms with Crippen LogP contribution >= 0.6 is 7.82 Å². The number of esters is 2. The Bertz CT molecular complexity index is 837. The number of hydrogen-bond acceptors (Lipinski definition) is 9. The molecule has 0 saturated heterocycles. The van der Waals surface area contributed by atoms with Crippen LogP contribution < -0.4 is 0 Å². The second kappa shape index (κ2) is 35.1. The van der Waals surface area contributed by atoms with Gasteiger partial charge in [0.25, 0.3) is 0 Å². The lowest BCUT2D eigenvalue weighted by Gasteiger charge is -2.20. The molecule has 1 unspecified atom stereocenters. The van der Waals surface area contributed by atoms with Gasteiger partial charge < -0.3 is 24.6 Å². The van der Waals surface area contributed by atoms with Crippen LogP contribution in [0.1, 0.15) is 181 Å². The molecule has 0 aliphatic carbocycles. The van der Waals surface area contributed by atoms with Crippen molar-refractivity contribution >= 4 is 19.8 Å². The Morgan fingerprint density at radius 3 is 1.47 bits per heavy atom. The predicted octanol–water partition coefficient (Wildman–Crippen LogP) is 9.67. The van der Waals surface area contributed by atoms with Crippen LogP contribution in [0.4, 0.5) is 0 Å². The average molecular weight is 721 g/mol. The van der Waals surface area contributed by atoms with Gasteiger partial charge in [-0.05, 0) is 38.5 Å². The molecule has 0 aliphatic heterocycles. The van der Waals surface area contributed by atoms with Gasteiger partial charge in [0, 0.05) is 12.8 Å². The normalized spacial score (nSPS) is 14.1. The van der Waals surface area contributed by atoms with E-state index in [1.54, 1.807) is 0 Å². The Labute approximate surface area is 298 Å². The minimum Gasteiger partial charge on any atom is -0.462 e. The number of unbranched alkanes of at least 4 members (excludes halogenated alkanes) is 21. The van der Waals surface area contributed by atoms with E-state index in [1.807, 2.05) is 0 Å². The molecule has 11 heteroatoms. The molecule has 0 heterocycles. The van der Waals surface area contributed by atoms with Gasteiger partial charge in [0.15, 0.2) is 6.10 Å². The van der Waals surface area contributed by atoms with Gasteiger partial charge in [-0.1, -0.05) is 142 Å². The number of phosphoric acid groups is 1. The summed E-state index contributed by atoms with van der Waals surface area (Å²) in [4.78, 5) is 34.8. The summed E-state index contributed by atoms with van der Waals surface area (Å²) in [6.45, 7) is 2.35. The van der Waals surface area contributed by atoms with E-state index >= 15 is 0 Å². The first-order chi connectivity index (χ1) is 23.7. The summed E-state index contributed by atoms with van der Waals surface area (Å²) >= 11 is 0. The topological polar surface area (TPSA) is 149 Å². The molecule has 0 bridgehead atoms. The van der Waals surface area contributed by atoms with Crippen molar-refractivity contribution in [3.63, 3.8) is 0 Å². The molecule has 49 heavy (non-hydrogen) atoms. The Morgan fingerprint density at radius 2 is 1.00 bits per heavy atom. The summed E-state index contributed by atoms with van der Waals surface area (Å²) in [5.41, 5.74) is 0. The maximum absolute atomic E-state index is 12.5. The van der Waals surface area contributed by atoms with Crippen LogP contribution in [0.5, 0.6) is 0 Å². The molecule has 0 aromatic carbocycles. The largest absolute Gasteiger partial charge is 0.472 e. The van der Waals surface area contributed by atoms with E-state index in [4.69, 9.17) is 19.1 Å². The van der Waals surface area contributed by atoms with Gasteiger partial charge in [0.1, 0.15) is 12.7 Å². The van der Waals surface area contributed by atoms with Gasteiger partial charge in [0.05, 0.1) is 19.8 Å². The number of allylic oxidation sites excluding steroid dienone is 2. The smallest absolute Gasteiger partial charge is 0.462 e. The summed E-state index contributed by atoms with van der Waals surface area (Å²) in [5, 5.41) is 18.3. The van der Waals surface area contributed by atoms with Gasteiger partial charge >= 0.3 is 19.8 Å². The summed E-state index contributed by atoms with van der Waals surface area (Å²) in [7, 11) is -4.61. The van der Waals surface area contributed by atoms with E-state index in [0.29, 0.717) is 12.8 Å². The molecule has 0 aromatic rings. The van der Waals surface area contributed by atoms with E-state index in [1.165, 1.54) is 83.5 Å². The second-order valence-electron chi connectivity index (χ2n) is 13.3. The fourth-order valence-electron chi connectivity index (χ4n) is 5.34. The number of carbonyl (C=O) groups is 2. The predicted molar refractivity (Wildman–Crippen MR) is 196 cm³/mol. The number of phosphoric ester groups is 1. The highest BCUT2D eigenvalue weighted by atomic mass is 31.2. The highest BCUT2D eigenvalue weighted by Gasteiger charge is 2.27. The number of hydrogen-bond donors (Lipinski definition) is 3. The third-order valence-electron chi connectivity index (χ3n) is 8.42. The third kappa shape index (κ3) is 34.9. The Kier molecular flexibility index (Phi) is 34.2. The third-order valence-corrected chi connectivity index (χ3v) is 9.37. The summed E-state index contributed by atoms with van der Waals surface area (Å²) in [6.07, 6.45) is 30.4. The molecule has 0 rings (SSSR count). The molecule has 3 N–H and O–H groups in total. The maximum Gasteiger partial charge on any atom is 0.472 e. The zero-order valence-electron chi connectivity index (χ0n) is 31.2. The fraction of sp³-hybridized carbons (Fsp3) is 0.895. The number of aliphatic hydroxyl groups excluding tert-OH is 2. The lowest BCUT2D eigenvalue weighted by atomic mass is 10.1. The molecule has 0 amide bonds. The summed E-state index contributed by atoms with van der Waals surface area (Å²) in [6, 6.07) is 0. The molecule has 290 valence electrons. The van der Waals surface area contributed by atoms with Crippen LogP contribution in [0.3, 0.4) is 0 Å². The zero-order chi connectivity index (χ0) is 36.3. The maximum atomic E-state index is 12.5.